The lowest BCUT2D eigenvalue weighted by Crippen LogP contribution is -2.34. The number of amides is 2. The predicted octanol–water partition coefficient (Wildman–Crippen LogP) is 1.90. The maximum Gasteiger partial charge on any atom is 0.319 e. The number of hydrogen-bond donors (Lipinski definition) is 2. The van der Waals surface area contributed by atoms with Crippen molar-refractivity contribution in [1.82, 2.24) is 10.2 Å². The van der Waals surface area contributed by atoms with Crippen LogP contribution in [0.3, 0.4) is 0 Å². The maximum atomic E-state index is 13.3. The zero-order valence-corrected chi connectivity index (χ0v) is 10.4. The van der Waals surface area contributed by atoms with Crippen molar-refractivity contribution in [3.63, 3.8) is 0 Å². The van der Waals surface area contributed by atoms with E-state index < -0.39 is 5.82 Å². The van der Waals surface area contributed by atoms with Crippen LogP contribution < -0.4 is 10.6 Å². The van der Waals surface area contributed by atoms with Crippen molar-refractivity contribution in [1.29, 1.82) is 0 Å². The molecule has 2 amide bonds. The Kier molecular flexibility index (Phi) is 4.15. The van der Waals surface area contributed by atoms with Gasteiger partial charge in [0, 0.05) is 13.1 Å². The number of nitrogens with one attached hydrogen (secondary N) is 2. The van der Waals surface area contributed by atoms with Crippen LogP contribution in [-0.4, -0.2) is 37.6 Å². The number of anilines is 1. The number of carbonyl (C=O) groups excluding carboxylic acids is 1. The number of halogens is 1. The van der Waals surface area contributed by atoms with Gasteiger partial charge in [0.2, 0.25) is 0 Å². The largest absolute Gasteiger partial charge is 0.338 e. The van der Waals surface area contributed by atoms with E-state index in [1.165, 1.54) is 12.1 Å². The highest BCUT2D eigenvalue weighted by molar-refractivity contribution is 5.89. The average molecular weight is 251 g/mol. The number of carbonyl (C=O) groups is 1. The summed E-state index contributed by atoms with van der Waals surface area (Å²) in [5.41, 5.74) is 0.207. The van der Waals surface area contributed by atoms with E-state index in [1.54, 1.807) is 12.1 Å². The normalized spacial score (nSPS) is 19.8. The number of para-hydroxylation sites is 1. The number of likely N-dealkylation sites (tertiary alicyclic amines) is 1. The van der Waals surface area contributed by atoms with Crippen LogP contribution in [0.5, 0.6) is 0 Å². The summed E-state index contributed by atoms with van der Waals surface area (Å²) in [5, 5.41) is 5.28. The molecule has 98 valence electrons. The van der Waals surface area contributed by atoms with Gasteiger partial charge >= 0.3 is 6.03 Å². The van der Waals surface area contributed by atoms with Gasteiger partial charge in [0.05, 0.1) is 5.69 Å². The second kappa shape index (κ2) is 5.82. The van der Waals surface area contributed by atoms with Gasteiger partial charge in [-0.15, -0.1) is 0 Å². The summed E-state index contributed by atoms with van der Waals surface area (Å²) in [7, 11) is 2.07. The first kappa shape index (κ1) is 12.8. The molecule has 1 aromatic carbocycles. The van der Waals surface area contributed by atoms with E-state index in [0.717, 1.165) is 19.5 Å². The molecule has 0 spiro atoms. The van der Waals surface area contributed by atoms with E-state index >= 15 is 0 Å². The fourth-order valence-corrected chi connectivity index (χ4v) is 2.16. The van der Waals surface area contributed by atoms with E-state index in [-0.39, 0.29) is 11.7 Å². The number of hydrogen-bond acceptors (Lipinski definition) is 2. The fourth-order valence-electron chi connectivity index (χ4n) is 2.16. The van der Waals surface area contributed by atoms with Crippen molar-refractivity contribution >= 4 is 11.7 Å². The van der Waals surface area contributed by atoms with Gasteiger partial charge in [-0.05, 0) is 38.1 Å². The second-order valence-corrected chi connectivity index (χ2v) is 4.73. The lowest BCUT2D eigenvalue weighted by Gasteiger charge is -2.12. The summed E-state index contributed by atoms with van der Waals surface area (Å²) in [6.07, 6.45) is 1.09. The standard InChI is InChI=1S/C13H18FN3O/c1-17-7-6-10(9-17)8-15-13(18)16-12-5-3-2-4-11(12)14/h2-5,10H,6-9H2,1H3,(H2,15,16,18)/t10-/m1/s1. The molecule has 0 aliphatic carbocycles. The van der Waals surface area contributed by atoms with Crippen LogP contribution in [-0.2, 0) is 0 Å². The Morgan fingerprint density at radius 3 is 2.94 bits per heavy atom. The average Bonchev–Trinajstić information content (AvgIpc) is 2.76. The molecule has 0 saturated carbocycles. The molecule has 0 unspecified atom stereocenters. The maximum absolute atomic E-state index is 13.3. The van der Waals surface area contributed by atoms with Crippen molar-refractivity contribution in [3.05, 3.63) is 30.1 Å². The van der Waals surface area contributed by atoms with Crippen LogP contribution >= 0.6 is 0 Å². The molecule has 18 heavy (non-hydrogen) atoms. The van der Waals surface area contributed by atoms with E-state index in [1.807, 2.05) is 0 Å². The van der Waals surface area contributed by atoms with E-state index in [4.69, 9.17) is 0 Å². The molecule has 1 atom stereocenters. The Morgan fingerprint density at radius 2 is 2.28 bits per heavy atom. The van der Waals surface area contributed by atoms with E-state index in [2.05, 4.69) is 22.6 Å². The molecule has 2 rings (SSSR count). The predicted molar refractivity (Wildman–Crippen MR) is 69.0 cm³/mol. The molecule has 1 aliphatic rings. The zero-order chi connectivity index (χ0) is 13.0. The van der Waals surface area contributed by atoms with Crippen LogP contribution in [0.25, 0.3) is 0 Å². The third-order valence-electron chi connectivity index (χ3n) is 3.16. The topological polar surface area (TPSA) is 44.4 Å². The Labute approximate surface area is 106 Å². The van der Waals surface area contributed by atoms with Crippen LogP contribution in [0, 0.1) is 11.7 Å². The summed E-state index contributed by atoms with van der Waals surface area (Å²) in [6.45, 7) is 2.70. The SMILES string of the molecule is CN1CC[C@H](CNC(=O)Nc2ccccc2F)C1. The van der Waals surface area contributed by atoms with Gasteiger partial charge in [0.15, 0.2) is 0 Å². The van der Waals surface area contributed by atoms with Gasteiger partial charge in [-0.3, -0.25) is 0 Å². The van der Waals surface area contributed by atoms with Crippen LogP contribution in [0.4, 0.5) is 14.9 Å². The number of nitrogens with zero attached hydrogens (tertiary/aromatic N) is 1. The molecule has 0 radical (unpaired) electrons. The van der Waals surface area contributed by atoms with E-state index in [9.17, 15) is 9.18 Å². The fraction of sp³-hybridized carbons (Fsp3) is 0.462. The highest BCUT2D eigenvalue weighted by atomic mass is 19.1. The zero-order valence-electron chi connectivity index (χ0n) is 10.4. The van der Waals surface area contributed by atoms with Crippen molar-refractivity contribution in [2.45, 2.75) is 6.42 Å². The smallest absolute Gasteiger partial charge is 0.319 e. The molecule has 1 saturated heterocycles. The van der Waals surface area contributed by atoms with Crippen molar-refractivity contribution in [3.8, 4) is 0 Å². The quantitative estimate of drug-likeness (QED) is 0.861. The van der Waals surface area contributed by atoms with Crippen LogP contribution in [0.1, 0.15) is 6.42 Å². The summed E-state index contributed by atoms with van der Waals surface area (Å²) in [4.78, 5) is 13.8. The third kappa shape index (κ3) is 3.43. The van der Waals surface area contributed by atoms with Crippen molar-refractivity contribution < 1.29 is 9.18 Å². The lowest BCUT2D eigenvalue weighted by molar-refractivity contribution is 0.250. The molecule has 2 N–H and O–H groups in total. The van der Waals surface area contributed by atoms with E-state index in [0.29, 0.717) is 12.5 Å². The van der Waals surface area contributed by atoms with Crippen LogP contribution in [0.2, 0.25) is 0 Å². The number of rotatable bonds is 3. The van der Waals surface area contributed by atoms with Crippen LogP contribution in [0.15, 0.2) is 24.3 Å². The molecule has 0 bridgehead atoms. The van der Waals surface area contributed by atoms with Gasteiger partial charge in [-0.2, -0.15) is 0 Å². The Bertz CT molecular complexity index is 424. The summed E-state index contributed by atoms with van der Waals surface area (Å²) < 4.78 is 13.3. The van der Waals surface area contributed by atoms with Gasteiger partial charge < -0.3 is 15.5 Å². The molecule has 1 aromatic rings. The highest BCUT2D eigenvalue weighted by Gasteiger charge is 2.19. The van der Waals surface area contributed by atoms with Gasteiger partial charge in [0.25, 0.3) is 0 Å². The summed E-state index contributed by atoms with van der Waals surface area (Å²) >= 11 is 0. The summed E-state index contributed by atoms with van der Waals surface area (Å²) in [6, 6.07) is 5.78. The molecule has 5 heteroatoms. The molecule has 1 aliphatic heterocycles. The Hall–Kier alpha value is -1.62. The minimum atomic E-state index is -0.423. The first-order chi connectivity index (χ1) is 8.65. The second-order valence-electron chi connectivity index (χ2n) is 4.73. The number of benzene rings is 1. The Balaban J connectivity index is 1.77. The minimum Gasteiger partial charge on any atom is -0.338 e. The number of urea groups is 1. The highest BCUT2D eigenvalue weighted by Crippen LogP contribution is 2.14. The Morgan fingerprint density at radius 1 is 1.50 bits per heavy atom. The molecular weight excluding hydrogens is 233 g/mol. The monoisotopic (exact) mass is 251 g/mol. The molecule has 4 nitrogen and oxygen atoms in total. The molecular formula is C13H18FN3O. The third-order valence-corrected chi connectivity index (χ3v) is 3.16. The summed E-state index contributed by atoms with van der Waals surface area (Å²) in [5.74, 6) is 0.0645. The lowest BCUT2D eigenvalue weighted by atomic mass is 10.1. The first-order valence-corrected chi connectivity index (χ1v) is 6.13. The van der Waals surface area contributed by atoms with Crippen molar-refractivity contribution in [2.75, 3.05) is 32.0 Å². The minimum absolute atomic E-state index is 0.207. The molecule has 1 heterocycles. The van der Waals surface area contributed by atoms with Gasteiger partial charge in [0.1, 0.15) is 5.82 Å². The first-order valence-electron chi connectivity index (χ1n) is 6.13. The van der Waals surface area contributed by atoms with Crippen molar-refractivity contribution in [2.24, 2.45) is 5.92 Å². The van der Waals surface area contributed by atoms with Gasteiger partial charge in [-0.25, -0.2) is 9.18 Å². The van der Waals surface area contributed by atoms with Gasteiger partial charge in [-0.1, -0.05) is 12.1 Å². The molecule has 0 aromatic heterocycles. The molecule has 1 fully saturated rings.